The number of halogens is 1. The number of anilines is 2. The maximum Gasteiger partial charge on any atom is 0.244 e. The molecule has 0 atom stereocenters. The molecule has 0 unspecified atom stereocenters. The minimum atomic E-state index is 0.488. The fourth-order valence-electron chi connectivity index (χ4n) is 1.68. The number of aromatic nitrogens is 3. The Labute approximate surface area is 128 Å². The van der Waals surface area contributed by atoms with Gasteiger partial charge in [-0.15, -0.1) is 5.10 Å². The normalized spacial score (nSPS) is 10.4. The molecule has 6 nitrogen and oxygen atoms in total. The molecule has 7 heteroatoms. The molecule has 112 valence electrons. The van der Waals surface area contributed by atoms with E-state index in [1.165, 1.54) is 0 Å². The number of nitrogens with one attached hydrogen (secondary N) is 2. The van der Waals surface area contributed by atoms with Crippen molar-refractivity contribution in [1.82, 2.24) is 15.2 Å². The molecule has 2 rings (SSSR count). The molecule has 21 heavy (non-hydrogen) atoms. The van der Waals surface area contributed by atoms with Gasteiger partial charge in [0.05, 0.1) is 6.20 Å². The van der Waals surface area contributed by atoms with Crippen molar-refractivity contribution in [2.24, 2.45) is 0 Å². The van der Waals surface area contributed by atoms with Crippen LogP contribution in [-0.4, -0.2) is 35.4 Å². The van der Waals surface area contributed by atoms with E-state index in [1.54, 1.807) is 13.3 Å². The highest BCUT2D eigenvalue weighted by molar-refractivity contribution is 6.30. The molecule has 1 aromatic carbocycles. The first-order valence-electron chi connectivity index (χ1n) is 6.69. The fourth-order valence-corrected chi connectivity index (χ4v) is 1.81. The van der Waals surface area contributed by atoms with Crippen molar-refractivity contribution in [2.75, 3.05) is 30.9 Å². The molecule has 2 aromatic rings. The van der Waals surface area contributed by atoms with Gasteiger partial charge in [0.15, 0.2) is 5.82 Å². The van der Waals surface area contributed by atoms with Gasteiger partial charge in [0.1, 0.15) is 0 Å². The summed E-state index contributed by atoms with van der Waals surface area (Å²) in [6.45, 7) is 2.11. The van der Waals surface area contributed by atoms with Gasteiger partial charge < -0.3 is 15.4 Å². The summed E-state index contributed by atoms with van der Waals surface area (Å²) >= 11 is 5.85. The van der Waals surface area contributed by atoms with E-state index in [4.69, 9.17) is 16.3 Å². The quantitative estimate of drug-likeness (QED) is 0.730. The topological polar surface area (TPSA) is 72.0 Å². The maximum atomic E-state index is 5.85. The standard InChI is InChI=1S/C14H18ClN5O/c1-21-8-2-7-16-13-10-18-20-14(19-13)17-9-11-3-5-12(15)6-4-11/h3-6,10H,2,7-9H2,1H3,(H2,16,17,19,20). The molecule has 1 heterocycles. The molecular formula is C14H18ClN5O. The van der Waals surface area contributed by atoms with Crippen LogP contribution in [-0.2, 0) is 11.3 Å². The van der Waals surface area contributed by atoms with Crippen molar-refractivity contribution in [3.05, 3.63) is 41.0 Å². The molecule has 0 spiro atoms. The molecule has 0 radical (unpaired) electrons. The van der Waals surface area contributed by atoms with Crippen molar-refractivity contribution >= 4 is 23.4 Å². The maximum absolute atomic E-state index is 5.85. The fraction of sp³-hybridized carbons (Fsp3) is 0.357. The Kier molecular flexibility index (Phi) is 6.18. The van der Waals surface area contributed by atoms with Gasteiger partial charge in [-0.3, -0.25) is 0 Å². The monoisotopic (exact) mass is 307 g/mol. The molecular weight excluding hydrogens is 290 g/mol. The van der Waals surface area contributed by atoms with Crippen LogP contribution < -0.4 is 10.6 Å². The van der Waals surface area contributed by atoms with Crippen LogP contribution in [0.25, 0.3) is 0 Å². The average Bonchev–Trinajstić information content (AvgIpc) is 2.52. The van der Waals surface area contributed by atoms with E-state index in [9.17, 15) is 0 Å². The van der Waals surface area contributed by atoms with Crippen LogP contribution in [0, 0.1) is 0 Å². The third-order valence-electron chi connectivity index (χ3n) is 2.75. The first kappa shape index (κ1) is 15.5. The summed E-state index contributed by atoms with van der Waals surface area (Å²) in [5, 5.41) is 14.9. The molecule has 0 saturated heterocycles. The number of benzene rings is 1. The Morgan fingerprint density at radius 3 is 2.76 bits per heavy atom. The Balaban J connectivity index is 1.84. The second-order valence-electron chi connectivity index (χ2n) is 4.42. The zero-order valence-corrected chi connectivity index (χ0v) is 12.6. The number of rotatable bonds is 8. The third-order valence-corrected chi connectivity index (χ3v) is 3.01. The van der Waals surface area contributed by atoms with E-state index >= 15 is 0 Å². The van der Waals surface area contributed by atoms with Gasteiger partial charge in [-0.1, -0.05) is 23.7 Å². The summed E-state index contributed by atoms with van der Waals surface area (Å²) in [6, 6.07) is 7.61. The zero-order valence-electron chi connectivity index (χ0n) is 11.8. The summed E-state index contributed by atoms with van der Waals surface area (Å²) in [6.07, 6.45) is 2.51. The Morgan fingerprint density at radius 2 is 2.00 bits per heavy atom. The molecule has 0 fully saturated rings. The highest BCUT2D eigenvalue weighted by Gasteiger charge is 2.00. The molecule has 0 aliphatic carbocycles. The van der Waals surface area contributed by atoms with Crippen molar-refractivity contribution in [1.29, 1.82) is 0 Å². The van der Waals surface area contributed by atoms with Gasteiger partial charge in [0.25, 0.3) is 0 Å². The molecule has 0 aliphatic heterocycles. The second kappa shape index (κ2) is 8.39. The van der Waals surface area contributed by atoms with E-state index in [-0.39, 0.29) is 0 Å². The lowest BCUT2D eigenvalue weighted by atomic mass is 10.2. The van der Waals surface area contributed by atoms with Crippen LogP contribution in [0.3, 0.4) is 0 Å². The van der Waals surface area contributed by atoms with Gasteiger partial charge in [0, 0.05) is 31.8 Å². The van der Waals surface area contributed by atoms with Crippen LogP contribution in [0.5, 0.6) is 0 Å². The van der Waals surface area contributed by atoms with Crippen LogP contribution in [0.1, 0.15) is 12.0 Å². The average molecular weight is 308 g/mol. The van der Waals surface area contributed by atoms with Crippen LogP contribution >= 0.6 is 11.6 Å². The molecule has 0 bridgehead atoms. The lowest BCUT2D eigenvalue weighted by Crippen LogP contribution is -2.10. The van der Waals surface area contributed by atoms with Gasteiger partial charge in [-0.2, -0.15) is 10.1 Å². The number of methoxy groups -OCH3 is 1. The summed E-state index contributed by atoms with van der Waals surface area (Å²) in [5.41, 5.74) is 1.10. The summed E-state index contributed by atoms with van der Waals surface area (Å²) in [5.74, 6) is 1.18. The Morgan fingerprint density at radius 1 is 1.19 bits per heavy atom. The second-order valence-corrected chi connectivity index (χ2v) is 4.85. The van der Waals surface area contributed by atoms with E-state index in [2.05, 4.69) is 25.8 Å². The zero-order chi connectivity index (χ0) is 14.9. The summed E-state index contributed by atoms with van der Waals surface area (Å²) in [7, 11) is 1.69. The van der Waals surface area contributed by atoms with E-state index in [0.29, 0.717) is 24.9 Å². The highest BCUT2D eigenvalue weighted by atomic mass is 35.5. The third kappa shape index (κ3) is 5.53. The predicted molar refractivity (Wildman–Crippen MR) is 83.6 cm³/mol. The minimum absolute atomic E-state index is 0.488. The molecule has 1 aromatic heterocycles. The predicted octanol–water partition coefficient (Wildman–Crippen LogP) is 2.59. The first-order valence-corrected chi connectivity index (χ1v) is 7.06. The SMILES string of the molecule is COCCCNc1cnnc(NCc2ccc(Cl)cc2)n1. The smallest absolute Gasteiger partial charge is 0.244 e. The van der Waals surface area contributed by atoms with Crippen molar-refractivity contribution in [3.63, 3.8) is 0 Å². The number of hydrogen-bond acceptors (Lipinski definition) is 6. The molecule has 0 saturated carbocycles. The number of nitrogens with zero attached hydrogens (tertiary/aromatic N) is 3. The summed E-state index contributed by atoms with van der Waals surface area (Å²) < 4.78 is 4.99. The Hall–Kier alpha value is -1.92. The van der Waals surface area contributed by atoms with Crippen LogP contribution in [0.15, 0.2) is 30.5 Å². The molecule has 2 N–H and O–H groups in total. The lowest BCUT2D eigenvalue weighted by Gasteiger charge is -2.07. The first-order chi connectivity index (χ1) is 10.3. The van der Waals surface area contributed by atoms with Crippen molar-refractivity contribution < 1.29 is 4.74 Å². The number of ether oxygens (including phenoxy) is 1. The largest absolute Gasteiger partial charge is 0.385 e. The minimum Gasteiger partial charge on any atom is -0.385 e. The van der Waals surface area contributed by atoms with Gasteiger partial charge in [0.2, 0.25) is 5.95 Å². The van der Waals surface area contributed by atoms with Crippen molar-refractivity contribution in [2.45, 2.75) is 13.0 Å². The summed E-state index contributed by atoms with van der Waals surface area (Å²) in [4.78, 5) is 4.34. The van der Waals surface area contributed by atoms with E-state index < -0.39 is 0 Å². The van der Waals surface area contributed by atoms with E-state index in [0.717, 1.165) is 23.6 Å². The number of hydrogen-bond donors (Lipinski definition) is 2. The van der Waals surface area contributed by atoms with Crippen molar-refractivity contribution in [3.8, 4) is 0 Å². The highest BCUT2D eigenvalue weighted by Crippen LogP contribution is 2.11. The molecule has 0 amide bonds. The Bertz CT molecular complexity index is 549. The van der Waals surface area contributed by atoms with Crippen LogP contribution in [0.4, 0.5) is 11.8 Å². The molecule has 0 aliphatic rings. The van der Waals surface area contributed by atoms with Gasteiger partial charge in [-0.25, -0.2) is 0 Å². The van der Waals surface area contributed by atoms with Crippen LogP contribution in [0.2, 0.25) is 5.02 Å². The van der Waals surface area contributed by atoms with E-state index in [1.807, 2.05) is 24.3 Å². The van der Waals surface area contributed by atoms with Gasteiger partial charge in [-0.05, 0) is 24.1 Å². The van der Waals surface area contributed by atoms with Gasteiger partial charge >= 0.3 is 0 Å². The lowest BCUT2D eigenvalue weighted by molar-refractivity contribution is 0.197.